The highest BCUT2D eigenvalue weighted by molar-refractivity contribution is 5.78. The summed E-state index contributed by atoms with van der Waals surface area (Å²) in [5.74, 6) is 0.629. The molecule has 0 radical (unpaired) electrons. The molecule has 16 heavy (non-hydrogen) atoms. The van der Waals surface area contributed by atoms with Gasteiger partial charge in [0.1, 0.15) is 11.3 Å². The van der Waals surface area contributed by atoms with E-state index in [1.807, 2.05) is 24.3 Å². The molecule has 0 aliphatic rings. The summed E-state index contributed by atoms with van der Waals surface area (Å²) in [6, 6.07) is 9.24. The Kier molecular flexibility index (Phi) is 1.86. The van der Waals surface area contributed by atoms with Gasteiger partial charge in [0, 0.05) is 24.0 Å². The van der Waals surface area contributed by atoms with Gasteiger partial charge in [-0.25, -0.2) is 4.98 Å². The molecule has 1 N–H and O–H groups in total. The predicted molar refractivity (Wildman–Crippen MR) is 61.7 cm³/mol. The first-order valence-electron chi connectivity index (χ1n) is 4.96. The van der Waals surface area contributed by atoms with E-state index in [1.165, 1.54) is 4.57 Å². The van der Waals surface area contributed by atoms with E-state index in [0.717, 1.165) is 5.39 Å². The van der Waals surface area contributed by atoms with Crippen LogP contribution in [0.15, 0.2) is 53.7 Å². The number of hydrogen-bond donors (Lipinski definition) is 1. The third kappa shape index (κ3) is 1.24. The third-order valence-electron chi connectivity index (χ3n) is 2.51. The van der Waals surface area contributed by atoms with Crippen molar-refractivity contribution in [2.24, 2.45) is 0 Å². The van der Waals surface area contributed by atoms with E-state index in [9.17, 15) is 4.79 Å². The summed E-state index contributed by atoms with van der Waals surface area (Å²) in [5, 5.41) is 0.914. The van der Waals surface area contributed by atoms with Crippen LogP contribution in [0.2, 0.25) is 0 Å². The Bertz CT molecular complexity index is 682. The highest BCUT2D eigenvalue weighted by Gasteiger charge is 2.04. The number of pyridine rings is 2. The van der Waals surface area contributed by atoms with Crippen LogP contribution in [-0.2, 0) is 0 Å². The summed E-state index contributed by atoms with van der Waals surface area (Å²) < 4.78 is 1.53. The van der Waals surface area contributed by atoms with E-state index in [2.05, 4.69) is 9.97 Å². The highest BCUT2D eigenvalue weighted by atomic mass is 16.1. The summed E-state index contributed by atoms with van der Waals surface area (Å²) in [4.78, 5) is 19.2. The summed E-state index contributed by atoms with van der Waals surface area (Å²) >= 11 is 0. The van der Waals surface area contributed by atoms with Gasteiger partial charge in [-0.1, -0.05) is 6.07 Å². The van der Waals surface area contributed by atoms with Gasteiger partial charge in [0.15, 0.2) is 0 Å². The van der Waals surface area contributed by atoms with Gasteiger partial charge in [0.05, 0.1) is 0 Å². The average molecular weight is 211 g/mol. The number of nitrogens with one attached hydrogen (secondary N) is 1. The molecule has 3 rings (SSSR count). The van der Waals surface area contributed by atoms with Crippen molar-refractivity contribution in [3.63, 3.8) is 0 Å². The van der Waals surface area contributed by atoms with Crippen molar-refractivity contribution in [3.8, 4) is 5.82 Å². The Morgan fingerprint density at radius 2 is 2.12 bits per heavy atom. The first-order valence-corrected chi connectivity index (χ1v) is 4.96. The minimum Gasteiger partial charge on any atom is -0.357 e. The maximum Gasteiger partial charge on any atom is 0.280 e. The lowest BCUT2D eigenvalue weighted by Gasteiger charge is -2.03. The SMILES string of the molecule is O=c1c2[nH]ccc2ccn1-c1ccccn1. The van der Waals surface area contributed by atoms with Crippen LogP contribution >= 0.6 is 0 Å². The minimum atomic E-state index is -0.0822. The molecule has 3 aromatic heterocycles. The zero-order chi connectivity index (χ0) is 11.0. The third-order valence-corrected chi connectivity index (χ3v) is 2.51. The molecule has 0 aliphatic heterocycles. The average Bonchev–Trinajstić information content (AvgIpc) is 2.80. The lowest BCUT2D eigenvalue weighted by Crippen LogP contribution is -2.18. The van der Waals surface area contributed by atoms with E-state index in [-0.39, 0.29) is 5.56 Å². The summed E-state index contributed by atoms with van der Waals surface area (Å²) in [5.41, 5.74) is 0.523. The highest BCUT2D eigenvalue weighted by Crippen LogP contribution is 2.08. The zero-order valence-electron chi connectivity index (χ0n) is 8.42. The monoisotopic (exact) mass is 211 g/mol. The molecule has 0 spiro atoms. The van der Waals surface area contributed by atoms with E-state index >= 15 is 0 Å². The second-order valence-electron chi connectivity index (χ2n) is 3.49. The van der Waals surface area contributed by atoms with Crippen molar-refractivity contribution < 1.29 is 0 Å². The van der Waals surface area contributed by atoms with Crippen molar-refractivity contribution in [2.45, 2.75) is 0 Å². The van der Waals surface area contributed by atoms with E-state index in [0.29, 0.717) is 11.3 Å². The Labute approximate surface area is 91.2 Å². The van der Waals surface area contributed by atoms with Gasteiger partial charge in [0.2, 0.25) is 0 Å². The first kappa shape index (κ1) is 8.91. The maximum absolute atomic E-state index is 12.1. The van der Waals surface area contributed by atoms with E-state index in [1.54, 1.807) is 24.7 Å². The molecular weight excluding hydrogens is 202 g/mol. The second kappa shape index (κ2) is 3.34. The topological polar surface area (TPSA) is 50.7 Å². The number of H-pyrrole nitrogens is 1. The van der Waals surface area contributed by atoms with E-state index in [4.69, 9.17) is 0 Å². The molecule has 3 aromatic rings. The van der Waals surface area contributed by atoms with Crippen molar-refractivity contribution in [3.05, 3.63) is 59.3 Å². The Hall–Kier alpha value is -2.36. The number of nitrogens with zero attached hydrogens (tertiary/aromatic N) is 2. The summed E-state index contributed by atoms with van der Waals surface area (Å²) in [7, 11) is 0. The van der Waals surface area contributed by atoms with Gasteiger partial charge in [-0.2, -0.15) is 0 Å². The van der Waals surface area contributed by atoms with Gasteiger partial charge >= 0.3 is 0 Å². The fraction of sp³-hybridized carbons (Fsp3) is 0. The smallest absolute Gasteiger partial charge is 0.280 e. The van der Waals surface area contributed by atoms with Crippen LogP contribution in [0.4, 0.5) is 0 Å². The van der Waals surface area contributed by atoms with Gasteiger partial charge in [-0.15, -0.1) is 0 Å². The standard InChI is InChI=1S/C12H9N3O/c16-12-11-9(4-7-14-11)5-8-15(12)10-3-1-2-6-13-10/h1-8,14H. The number of aromatic nitrogens is 3. The molecule has 0 amide bonds. The molecular formula is C12H9N3O. The van der Waals surface area contributed by atoms with Crippen molar-refractivity contribution >= 4 is 10.9 Å². The molecule has 0 fully saturated rings. The van der Waals surface area contributed by atoms with Crippen LogP contribution in [0.1, 0.15) is 0 Å². The van der Waals surface area contributed by atoms with Crippen molar-refractivity contribution in [2.75, 3.05) is 0 Å². The Morgan fingerprint density at radius 1 is 1.19 bits per heavy atom. The van der Waals surface area contributed by atoms with Gasteiger partial charge in [-0.05, 0) is 24.3 Å². The predicted octanol–water partition coefficient (Wildman–Crippen LogP) is 1.71. The second-order valence-corrected chi connectivity index (χ2v) is 3.49. The number of aromatic amines is 1. The fourth-order valence-corrected chi connectivity index (χ4v) is 1.73. The molecule has 0 atom stereocenters. The summed E-state index contributed by atoms with van der Waals surface area (Å²) in [6.07, 6.45) is 5.16. The Balaban J connectivity index is 2.33. The molecule has 78 valence electrons. The van der Waals surface area contributed by atoms with Crippen molar-refractivity contribution in [1.82, 2.24) is 14.5 Å². The molecule has 0 unspecified atom stereocenters. The van der Waals surface area contributed by atoms with Crippen LogP contribution in [0.3, 0.4) is 0 Å². The molecule has 3 heterocycles. The number of hydrogen-bond acceptors (Lipinski definition) is 2. The maximum atomic E-state index is 12.1. The molecule has 4 nitrogen and oxygen atoms in total. The van der Waals surface area contributed by atoms with Gasteiger partial charge in [-0.3, -0.25) is 9.36 Å². The lowest BCUT2D eigenvalue weighted by molar-refractivity contribution is 0.951. The Morgan fingerprint density at radius 3 is 2.94 bits per heavy atom. The van der Waals surface area contributed by atoms with E-state index < -0.39 is 0 Å². The first-order chi connectivity index (χ1) is 7.86. The molecule has 0 aliphatic carbocycles. The minimum absolute atomic E-state index is 0.0822. The number of fused-ring (bicyclic) bond motifs is 1. The van der Waals surface area contributed by atoms with Crippen LogP contribution < -0.4 is 5.56 Å². The fourth-order valence-electron chi connectivity index (χ4n) is 1.73. The lowest BCUT2D eigenvalue weighted by atomic mass is 10.3. The zero-order valence-corrected chi connectivity index (χ0v) is 8.42. The largest absolute Gasteiger partial charge is 0.357 e. The van der Waals surface area contributed by atoms with Gasteiger partial charge in [0.25, 0.3) is 5.56 Å². The van der Waals surface area contributed by atoms with Crippen LogP contribution in [0, 0.1) is 0 Å². The molecule has 0 saturated carbocycles. The van der Waals surface area contributed by atoms with Gasteiger partial charge < -0.3 is 4.98 Å². The molecule has 0 saturated heterocycles. The quantitative estimate of drug-likeness (QED) is 0.666. The van der Waals surface area contributed by atoms with Crippen molar-refractivity contribution in [1.29, 1.82) is 0 Å². The number of rotatable bonds is 1. The normalized spacial score (nSPS) is 10.8. The summed E-state index contributed by atoms with van der Waals surface area (Å²) in [6.45, 7) is 0. The molecule has 4 heteroatoms. The van der Waals surface area contributed by atoms with Crippen LogP contribution in [0.25, 0.3) is 16.7 Å². The van der Waals surface area contributed by atoms with Crippen LogP contribution in [0.5, 0.6) is 0 Å². The molecule has 0 aromatic carbocycles. The molecule has 0 bridgehead atoms. The van der Waals surface area contributed by atoms with Crippen LogP contribution in [-0.4, -0.2) is 14.5 Å².